The van der Waals surface area contributed by atoms with Crippen LogP contribution in [0.3, 0.4) is 0 Å². The summed E-state index contributed by atoms with van der Waals surface area (Å²) in [6, 6.07) is 23.6. The minimum atomic E-state index is -0.213. The van der Waals surface area contributed by atoms with Crippen LogP contribution in [0.15, 0.2) is 77.3 Å². The van der Waals surface area contributed by atoms with Crippen molar-refractivity contribution >= 4 is 27.6 Å². The fourth-order valence-electron chi connectivity index (χ4n) is 2.74. The van der Waals surface area contributed by atoms with Crippen LogP contribution in [-0.4, -0.2) is 19.7 Å². The average molecular weight is 425 g/mol. The Balaban J connectivity index is 1.48. The second kappa shape index (κ2) is 9.24. The number of carbonyl (C=O) groups is 1. The van der Waals surface area contributed by atoms with E-state index < -0.39 is 0 Å². The molecule has 0 aliphatic rings. The van der Waals surface area contributed by atoms with Gasteiger partial charge >= 0.3 is 6.03 Å². The lowest BCUT2D eigenvalue weighted by Gasteiger charge is -2.10. The van der Waals surface area contributed by atoms with Crippen LogP contribution in [0.4, 0.5) is 10.5 Å². The van der Waals surface area contributed by atoms with Gasteiger partial charge in [0.05, 0.1) is 11.6 Å². The van der Waals surface area contributed by atoms with Crippen LogP contribution >= 0.6 is 15.9 Å². The van der Waals surface area contributed by atoms with E-state index in [0.29, 0.717) is 6.54 Å². The molecule has 3 rings (SSSR count). The first kappa shape index (κ1) is 19.0. The van der Waals surface area contributed by atoms with Gasteiger partial charge in [0.1, 0.15) is 5.75 Å². The van der Waals surface area contributed by atoms with E-state index in [1.165, 1.54) is 0 Å². The Bertz CT molecular complexity index is 896. The highest BCUT2D eigenvalue weighted by molar-refractivity contribution is 9.10. The summed E-state index contributed by atoms with van der Waals surface area (Å²) >= 11 is 3.47. The van der Waals surface area contributed by atoms with Gasteiger partial charge in [-0.2, -0.15) is 0 Å². The van der Waals surface area contributed by atoms with E-state index >= 15 is 0 Å². The van der Waals surface area contributed by atoms with Crippen molar-refractivity contribution in [1.29, 1.82) is 0 Å². The van der Waals surface area contributed by atoms with E-state index in [-0.39, 0.29) is 6.03 Å². The van der Waals surface area contributed by atoms with Gasteiger partial charge in [-0.15, -0.1) is 0 Å². The van der Waals surface area contributed by atoms with Gasteiger partial charge in [-0.05, 0) is 63.3 Å². The summed E-state index contributed by atoms with van der Waals surface area (Å²) in [5.74, 6) is 0.795. The van der Waals surface area contributed by atoms with Crippen molar-refractivity contribution in [2.24, 2.45) is 0 Å². The maximum Gasteiger partial charge on any atom is 0.319 e. The Kier molecular flexibility index (Phi) is 6.49. The van der Waals surface area contributed by atoms with Crippen LogP contribution in [0.5, 0.6) is 5.75 Å². The maximum atomic E-state index is 12.1. The zero-order valence-electron chi connectivity index (χ0n) is 15.0. The monoisotopic (exact) mass is 424 g/mol. The smallest absolute Gasteiger partial charge is 0.319 e. The zero-order valence-corrected chi connectivity index (χ0v) is 16.6. The molecular formula is C22H21BrN2O2. The lowest BCUT2D eigenvalue weighted by molar-refractivity contribution is 0.252. The van der Waals surface area contributed by atoms with E-state index in [1.807, 2.05) is 60.7 Å². The van der Waals surface area contributed by atoms with Crippen LogP contribution in [0, 0.1) is 0 Å². The van der Waals surface area contributed by atoms with Crippen LogP contribution in [0.25, 0.3) is 11.1 Å². The third-order valence-corrected chi connectivity index (χ3v) is 4.79. The predicted octanol–water partition coefficient (Wildman–Crippen LogP) is 5.49. The molecule has 4 nitrogen and oxygen atoms in total. The number of anilines is 1. The minimum Gasteiger partial charge on any atom is -0.496 e. The molecule has 0 atom stereocenters. The molecule has 0 saturated heterocycles. The molecule has 138 valence electrons. The number of methoxy groups -OCH3 is 1. The molecule has 0 aromatic heterocycles. The summed E-state index contributed by atoms with van der Waals surface area (Å²) in [5.41, 5.74) is 4.15. The van der Waals surface area contributed by atoms with E-state index in [1.54, 1.807) is 7.11 Å². The Hall–Kier alpha value is -2.79. The molecule has 0 aliphatic heterocycles. The SMILES string of the molecule is COc1ccc(CCNC(=O)Nc2ccc(-c3ccccc3)cc2)cc1Br. The normalized spacial score (nSPS) is 10.3. The lowest BCUT2D eigenvalue weighted by atomic mass is 10.1. The van der Waals surface area contributed by atoms with E-state index in [2.05, 4.69) is 38.7 Å². The first-order valence-electron chi connectivity index (χ1n) is 8.68. The molecule has 0 fully saturated rings. The molecule has 3 aromatic carbocycles. The number of halogens is 1. The highest BCUT2D eigenvalue weighted by Crippen LogP contribution is 2.25. The second-order valence-corrected chi connectivity index (χ2v) is 6.90. The van der Waals surface area contributed by atoms with E-state index in [9.17, 15) is 4.79 Å². The molecule has 2 amide bonds. The zero-order chi connectivity index (χ0) is 19.1. The number of ether oxygens (including phenoxy) is 1. The first-order chi connectivity index (χ1) is 13.2. The Morgan fingerprint density at radius 2 is 1.67 bits per heavy atom. The Morgan fingerprint density at radius 1 is 0.963 bits per heavy atom. The van der Waals surface area contributed by atoms with Gasteiger partial charge in [0, 0.05) is 12.2 Å². The molecule has 0 bridgehead atoms. The first-order valence-corrected chi connectivity index (χ1v) is 9.48. The van der Waals surface area contributed by atoms with Crippen molar-refractivity contribution in [3.8, 4) is 16.9 Å². The van der Waals surface area contributed by atoms with Crippen LogP contribution in [-0.2, 0) is 6.42 Å². The van der Waals surface area contributed by atoms with Gasteiger partial charge in [-0.25, -0.2) is 4.79 Å². The maximum absolute atomic E-state index is 12.1. The van der Waals surface area contributed by atoms with Crippen molar-refractivity contribution in [3.05, 3.63) is 82.8 Å². The summed E-state index contributed by atoms with van der Waals surface area (Å²) in [4.78, 5) is 12.1. The Labute approximate surface area is 167 Å². The number of urea groups is 1. The number of hydrogen-bond donors (Lipinski definition) is 2. The number of benzene rings is 3. The molecule has 2 N–H and O–H groups in total. The largest absolute Gasteiger partial charge is 0.496 e. The van der Waals surface area contributed by atoms with Crippen molar-refractivity contribution in [2.45, 2.75) is 6.42 Å². The molecule has 0 spiro atoms. The number of rotatable bonds is 6. The van der Waals surface area contributed by atoms with Crippen molar-refractivity contribution in [1.82, 2.24) is 5.32 Å². The lowest BCUT2D eigenvalue weighted by Crippen LogP contribution is -2.30. The third kappa shape index (κ3) is 5.34. The highest BCUT2D eigenvalue weighted by atomic mass is 79.9. The Morgan fingerprint density at radius 3 is 2.33 bits per heavy atom. The fraction of sp³-hybridized carbons (Fsp3) is 0.136. The van der Waals surface area contributed by atoms with Crippen molar-refractivity contribution in [3.63, 3.8) is 0 Å². The van der Waals surface area contributed by atoms with Crippen LogP contribution < -0.4 is 15.4 Å². The van der Waals surface area contributed by atoms with E-state index in [4.69, 9.17) is 4.74 Å². The second-order valence-electron chi connectivity index (χ2n) is 6.04. The molecular weight excluding hydrogens is 404 g/mol. The molecule has 0 radical (unpaired) electrons. The summed E-state index contributed by atoms with van der Waals surface area (Å²) in [6.45, 7) is 0.548. The van der Waals surface area contributed by atoms with Gasteiger partial charge in [-0.3, -0.25) is 0 Å². The predicted molar refractivity (Wildman–Crippen MR) is 113 cm³/mol. The van der Waals surface area contributed by atoms with Crippen molar-refractivity contribution in [2.75, 3.05) is 19.0 Å². The highest BCUT2D eigenvalue weighted by Gasteiger charge is 2.04. The average Bonchev–Trinajstić information content (AvgIpc) is 2.69. The minimum absolute atomic E-state index is 0.213. The molecule has 3 aromatic rings. The van der Waals surface area contributed by atoms with Crippen LogP contribution in [0.2, 0.25) is 0 Å². The number of nitrogens with one attached hydrogen (secondary N) is 2. The third-order valence-electron chi connectivity index (χ3n) is 4.17. The molecule has 0 unspecified atom stereocenters. The van der Waals surface area contributed by atoms with Gasteiger partial charge in [0.25, 0.3) is 0 Å². The van der Waals surface area contributed by atoms with Crippen LogP contribution in [0.1, 0.15) is 5.56 Å². The van der Waals surface area contributed by atoms with Gasteiger partial charge in [-0.1, -0.05) is 48.5 Å². The van der Waals surface area contributed by atoms with Crippen molar-refractivity contribution < 1.29 is 9.53 Å². The number of amides is 2. The summed E-state index contributed by atoms with van der Waals surface area (Å²) in [5, 5.41) is 5.73. The number of hydrogen-bond acceptors (Lipinski definition) is 2. The van der Waals surface area contributed by atoms with Gasteiger partial charge < -0.3 is 15.4 Å². The van der Waals surface area contributed by atoms with Gasteiger partial charge in [0.15, 0.2) is 0 Å². The molecule has 0 heterocycles. The summed E-state index contributed by atoms with van der Waals surface area (Å²) in [7, 11) is 1.64. The summed E-state index contributed by atoms with van der Waals surface area (Å²) < 4.78 is 6.13. The summed E-state index contributed by atoms with van der Waals surface area (Å²) in [6.07, 6.45) is 0.739. The molecule has 0 aliphatic carbocycles. The standard InChI is InChI=1S/C22H21BrN2O2/c1-27-21-12-7-16(15-20(21)23)13-14-24-22(26)25-19-10-8-18(9-11-19)17-5-3-2-4-6-17/h2-12,15H,13-14H2,1H3,(H2,24,25,26). The molecule has 0 saturated carbocycles. The topological polar surface area (TPSA) is 50.4 Å². The fourth-order valence-corrected chi connectivity index (χ4v) is 3.33. The van der Waals surface area contributed by atoms with Gasteiger partial charge in [0.2, 0.25) is 0 Å². The number of carbonyl (C=O) groups excluding carboxylic acids is 1. The quantitative estimate of drug-likeness (QED) is 0.549. The van der Waals surface area contributed by atoms with E-state index in [0.717, 1.165) is 39.0 Å². The molecule has 5 heteroatoms. The molecule has 27 heavy (non-hydrogen) atoms.